The van der Waals surface area contributed by atoms with Gasteiger partial charge in [-0.3, -0.25) is 0 Å². The van der Waals surface area contributed by atoms with Crippen molar-refractivity contribution in [3.05, 3.63) is 59.2 Å². The summed E-state index contributed by atoms with van der Waals surface area (Å²) < 4.78 is 5.12. The second kappa shape index (κ2) is 7.00. The molecule has 0 atom stereocenters. The van der Waals surface area contributed by atoms with Gasteiger partial charge in [0.1, 0.15) is 22.5 Å². The molecule has 3 aromatic rings. The monoisotopic (exact) mass is 351 g/mol. The molecule has 2 aromatic carbocycles. The van der Waals surface area contributed by atoms with Crippen molar-refractivity contribution < 1.29 is 14.6 Å². The average Bonchev–Trinajstić information content (AvgIpc) is 3.00. The molecule has 6 heteroatoms. The summed E-state index contributed by atoms with van der Waals surface area (Å²) in [5.74, 6) is -0.217. The topological polar surface area (TPSA) is 77.2 Å². The van der Waals surface area contributed by atoms with Gasteiger partial charge in [0, 0.05) is 12.0 Å². The molecular weight excluding hydrogens is 330 g/mol. The normalized spacial score (nSPS) is 10.9. The number of hydrogen-bond donors (Lipinski definition) is 1. The van der Waals surface area contributed by atoms with Gasteiger partial charge in [-0.25, -0.2) is 4.79 Å². The van der Waals surface area contributed by atoms with Crippen LogP contribution in [0.2, 0.25) is 0 Å². The lowest BCUT2D eigenvalue weighted by Gasteiger charge is -2.07. The van der Waals surface area contributed by atoms with Crippen LogP contribution in [-0.4, -0.2) is 32.7 Å². The number of carbonyl (C=O) groups is 1. The summed E-state index contributed by atoms with van der Waals surface area (Å²) in [6, 6.07) is 9.46. The first kappa shape index (κ1) is 17.7. The molecule has 26 heavy (non-hydrogen) atoms. The Balaban J connectivity index is 1.84. The average molecular weight is 351 g/mol. The number of aryl methyl sites for hydroxylation is 2. The lowest BCUT2D eigenvalue weighted by Crippen LogP contribution is -2.07. The predicted octanol–water partition coefficient (Wildman–Crippen LogP) is 3.40. The Morgan fingerprint density at radius 2 is 1.92 bits per heavy atom. The van der Waals surface area contributed by atoms with Crippen LogP contribution < -0.4 is 0 Å². The lowest BCUT2D eigenvalue weighted by molar-refractivity contribution is -0.138. The first-order valence-electron chi connectivity index (χ1n) is 8.34. The number of hydrogen-bond acceptors (Lipinski definition) is 5. The molecule has 0 saturated carbocycles. The van der Waals surface area contributed by atoms with Crippen LogP contribution in [-0.2, 0) is 16.0 Å². The molecule has 0 aliphatic rings. The van der Waals surface area contributed by atoms with E-state index in [4.69, 9.17) is 4.74 Å². The molecule has 3 rings (SSSR count). The zero-order valence-corrected chi connectivity index (χ0v) is 15.1. The molecule has 0 saturated heterocycles. The van der Waals surface area contributed by atoms with E-state index >= 15 is 0 Å². The van der Waals surface area contributed by atoms with E-state index in [1.54, 1.807) is 6.92 Å². The minimum absolute atomic E-state index is 0.169. The summed E-state index contributed by atoms with van der Waals surface area (Å²) in [5.41, 5.74) is 5.17. The van der Waals surface area contributed by atoms with E-state index in [9.17, 15) is 9.90 Å². The molecule has 0 radical (unpaired) electrons. The maximum Gasteiger partial charge on any atom is 0.333 e. The van der Waals surface area contributed by atoms with E-state index in [1.165, 1.54) is 4.80 Å². The summed E-state index contributed by atoms with van der Waals surface area (Å²) in [7, 11) is 0. The van der Waals surface area contributed by atoms with Gasteiger partial charge < -0.3 is 9.84 Å². The van der Waals surface area contributed by atoms with Crippen LogP contribution in [0.4, 0.5) is 0 Å². The van der Waals surface area contributed by atoms with Crippen molar-refractivity contribution in [2.45, 2.75) is 27.2 Å². The first-order valence-corrected chi connectivity index (χ1v) is 8.34. The van der Waals surface area contributed by atoms with Crippen LogP contribution in [0, 0.1) is 13.8 Å². The highest BCUT2D eigenvalue weighted by Crippen LogP contribution is 2.27. The van der Waals surface area contributed by atoms with Gasteiger partial charge in [-0.1, -0.05) is 18.7 Å². The Kier molecular flexibility index (Phi) is 4.75. The van der Waals surface area contributed by atoms with Crippen LogP contribution in [0.3, 0.4) is 0 Å². The molecular formula is C20H21N3O3. The maximum atomic E-state index is 11.4. The quantitative estimate of drug-likeness (QED) is 0.563. The van der Waals surface area contributed by atoms with Crippen LogP contribution in [0.15, 0.2) is 42.5 Å². The molecule has 0 unspecified atom stereocenters. The van der Waals surface area contributed by atoms with E-state index in [1.807, 2.05) is 44.2 Å². The number of benzene rings is 2. The predicted molar refractivity (Wildman–Crippen MR) is 99.5 cm³/mol. The minimum Gasteiger partial charge on any atom is -0.505 e. The Labute approximate surface area is 151 Å². The number of phenolic OH excluding ortho intramolecular Hbond substituents is 1. The zero-order chi connectivity index (χ0) is 18.8. The third-order valence-corrected chi connectivity index (χ3v) is 4.06. The molecule has 0 fully saturated rings. The van der Waals surface area contributed by atoms with E-state index in [2.05, 4.69) is 16.8 Å². The van der Waals surface area contributed by atoms with E-state index in [-0.39, 0.29) is 18.3 Å². The van der Waals surface area contributed by atoms with Gasteiger partial charge in [-0.05, 0) is 55.7 Å². The molecule has 1 aromatic heterocycles. The summed E-state index contributed by atoms with van der Waals surface area (Å²) in [5, 5.41) is 19.2. The van der Waals surface area contributed by atoms with E-state index < -0.39 is 0 Å². The Morgan fingerprint density at radius 1 is 1.19 bits per heavy atom. The first-order chi connectivity index (χ1) is 12.3. The smallest absolute Gasteiger partial charge is 0.333 e. The van der Waals surface area contributed by atoms with Crippen molar-refractivity contribution in [3.8, 4) is 11.4 Å². The van der Waals surface area contributed by atoms with Crippen molar-refractivity contribution in [1.29, 1.82) is 0 Å². The number of carbonyl (C=O) groups excluding carboxylic acids is 1. The van der Waals surface area contributed by atoms with Crippen LogP contribution in [0.1, 0.15) is 23.6 Å². The molecule has 0 amide bonds. The molecule has 0 bridgehead atoms. The second-order valence-corrected chi connectivity index (χ2v) is 6.43. The highest BCUT2D eigenvalue weighted by molar-refractivity contribution is 5.86. The maximum absolute atomic E-state index is 11.4. The number of fused-ring (bicyclic) bond motifs is 1. The van der Waals surface area contributed by atoms with E-state index in [0.29, 0.717) is 23.2 Å². The van der Waals surface area contributed by atoms with Gasteiger partial charge in [0.15, 0.2) is 0 Å². The number of nitrogens with zero attached hydrogens (tertiary/aromatic N) is 3. The fourth-order valence-corrected chi connectivity index (χ4v) is 2.70. The Morgan fingerprint density at radius 3 is 2.65 bits per heavy atom. The van der Waals surface area contributed by atoms with Crippen LogP contribution >= 0.6 is 0 Å². The summed E-state index contributed by atoms with van der Waals surface area (Å²) in [6.07, 6.45) is 0.580. The number of ether oxygens (including phenoxy) is 1. The molecule has 0 aliphatic heterocycles. The zero-order valence-electron chi connectivity index (χ0n) is 15.1. The van der Waals surface area contributed by atoms with Crippen molar-refractivity contribution in [2.24, 2.45) is 0 Å². The Bertz CT molecular complexity index is 1000. The van der Waals surface area contributed by atoms with Crippen LogP contribution in [0.25, 0.3) is 16.7 Å². The fourth-order valence-electron chi connectivity index (χ4n) is 2.70. The number of esters is 1. The second-order valence-electron chi connectivity index (χ2n) is 6.43. The Hall–Kier alpha value is -3.15. The highest BCUT2D eigenvalue weighted by Gasteiger charge is 2.12. The molecule has 6 nitrogen and oxygen atoms in total. The summed E-state index contributed by atoms with van der Waals surface area (Å²) >= 11 is 0. The number of rotatable bonds is 5. The third-order valence-electron chi connectivity index (χ3n) is 4.06. The van der Waals surface area contributed by atoms with Crippen LogP contribution in [0.5, 0.6) is 5.75 Å². The number of aromatic nitrogens is 3. The van der Waals surface area contributed by atoms with Gasteiger partial charge in [0.2, 0.25) is 0 Å². The molecule has 1 N–H and O–H groups in total. The largest absolute Gasteiger partial charge is 0.505 e. The highest BCUT2D eigenvalue weighted by atomic mass is 16.5. The molecule has 0 aliphatic carbocycles. The van der Waals surface area contributed by atoms with Gasteiger partial charge >= 0.3 is 5.97 Å². The number of aromatic hydroxyl groups is 1. The van der Waals surface area contributed by atoms with Crippen molar-refractivity contribution >= 4 is 17.0 Å². The summed E-state index contributed by atoms with van der Waals surface area (Å²) in [4.78, 5) is 12.9. The SMILES string of the molecule is C=C(C)C(=O)OCCc1ccc2nn(-c3cc(C)cc(C)c3O)nc2c1. The standard InChI is InChI=1S/C20H21N3O3/c1-12(2)20(25)26-8-7-15-5-6-16-17(11-15)22-23(21-16)18-10-13(3)9-14(4)19(18)24/h5-6,9-11,24H,1,7-8H2,2-4H3. The van der Waals surface area contributed by atoms with Gasteiger partial charge in [-0.2, -0.15) is 0 Å². The van der Waals surface area contributed by atoms with Gasteiger partial charge in [0.05, 0.1) is 6.61 Å². The molecule has 1 heterocycles. The third kappa shape index (κ3) is 3.59. The lowest BCUT2D eigenvalue weighted by atomic mass is 10.1. The van der Waals surface area contributed by atoms with Gasteiger partial charge in [-0.15, -0.1) is 15.0 Å². The minimum atomic E-state index is -0.387. The molecule has 0 spiro atoms. The van der Waals surface area contributed by atoms with Crippen molar-refractivity contribution in [3.63, 3.8) is 0 Å². The number of phenols is 1. The van der Waals surface area contributed by atoms with Crippen molar-refractivity contribution in [1.82, 2.24) is 15.0 Å². The fraction of sp³-hybridized carbons (Fsp3) is 0.250. The van der Waals surface area contributed by atoms with E-state index in [0.717, 1.165) is 22.2 Å². The summed E-state index contributed by atoms with van der Waals surface area (Å²) in [6.45, 7) is 9.27. The van der Waals surface area contributed by atoms with Crippen molar-refractivity contribution in [2.75, 3.05) is 6.61 Å². The molecule has 134 valence electrons. The van der Waals surface area contributed by atoms with Gasteiger partial charge in [0.25, 0.3) is 0 Å².